The molecular formula is C14H11BrClF4NO. The third-order valence-corrected chi connectivity index (χ3v) is 3.17. The Morgan fingerprint density at radius 2 is 1.59 bits per heavy atom. The normalized spacial score (nSPS) is 12.5. The lowest BCUT2D eigenvalue weighted by atomic mass is 9.99. The van der Waals surface area contributed by atoms with Gasteiger partial charge >= 0.3 is 6.36 Å². The van der Waals surface area contributed by atoms with Crippen LogP contribution in [-0.2, 0) is 0 Å². The zero-order valence-corrected chi connectivity index (χ0v) is 13.3. The van der Waals surface area contributed by atoms with E-state index in [0.29, 0.717) is 15.6 Å². The van der Waals surface area contributed by atoms with Gasteiger partial charge in [0.2, 0.25) is 0 Å². The van der Waals surface area contributed by atoms with Crippen LogP contribution >= 0.6 is 28.3 Å². The summed E-state index contributed by atoms with van der Waals surface area (Å²) in [6.45, 7) is 0. The monoisotopic (exact) mass is 399 g/mol. The fourth-order valence-electron chi connectivity index (χ4n) is 1.82. The van der Waals surface area contributed by atoms with Crippen LogP contribution in [0.1, 0.15) is 17.2 Å². The zero-order chi connectivity index (χ0) is 15.6. The molecule has 0 aliphatic carbocycles. The molecule has 0 aliphatic rings. The minimum Gasteiger partial charge on any atom is -0.406 e. The molecule has 0 fully saturated rings. The lowest BCUT2D eigenvalue weighted by Crippen LogP contribution is -2.17. The van der Waals surface area contributed by atoms with Gasteiger partial charge in [-0.15, -0.1) is 25.6 Å². The SMILES string of the molecule is Cl.N[C@@H](c1ccc(OC(F)(F)F)cc1)c1cc(F)cc(Br)c1. The highest BCUT2D eigenvalue weighted by Gasteiger charge is 2.31. The molecule has 2 rings (SSSR count). The van der Waals surface area contributed by atoms with Crippen molar-refractivity contribution in [1.82, 2.24) is 0 Å². The van der Waals surface area contributed by atoms with Crippen LogP contribution in [0, 0.1) is 5.82 Å². The van der Waals surface area contributed by atoms with Crippen molar-refractivity contribution in [2.75, 3.05) is 0 Å². The molecule has 22 heavy (non-hydrogen) atoms. The highest BCUT2D eigenvalue weighted by Crippen LogP contribution is 2.27. The quantitative estimate of drug-likeness (QED) is 0.740. The number of nitrogens with two attached hydrogens (primary N) is 1. The molecule has 0 unspecified atom stereocenters. The van der Waals surface area contributed by atoms with Crippen LogP contribution in [0.4, 0.5) is 17.6 Å². The lowest BCUT2D eigenvalue weighted by Gasteiger charge is -2.14. The fraction of sp³-hybridized carbons (Fsp3) is 0.143. The Labute approximate surface area is 138 Å². The first-order valence-corrected chi connectivity index (χ1v) is 6.61. The molecule has 0 saturated carbocycles. The molecule has 0 aromatic heterocycles. The van der Waals surface area contributed by atoms with Gasteiger partial charge in [-0.25, -0.2) is 4.39 Å². The first-order valence-electron chi connectivity index (χ1n) is 5.82. The van der Waals surface area contributed by atoms with E-state index in [0.717, 1.165) is 12.1 Å². The van der Waals surface area contributed by atoms with Gasteiger partial charge in [0.05, 0.1) is 6.04 Å². The molecule has 0 aliphatic heterocycles. The van der Waals surface area contributed by atoms with Crippen molar-refractivity contribution in [3.63, 3.8) is 0 Å². The fourth-order valence-corrected chi connectivity index (χ4v) is 2.31. The van der Waals surface area contributed by atoms with E-state index in [1.807, 2.05) is 0 Å². The Balaban J connectivity index is 0.00000242. The van der Waals surface area contributed by atoms with E-state index in [4.69, 9.17) is 5.73 Å². The largest absolute Gasteiger partial charge is 0.573 e. The van der Waals surface area contributed by atoms with Crippen LogP contribution in [0.3, 0.4) is 0 Å². The zero-order valence-electron chi connectivity index (χ0n) is 10.9. The minimum absolute atomic E-state index is 0. The van der Waals surface area contributed by atoms with E-state index in [1.54, 1.807) is 6.07 Å². The Bertz CT molecular complexity index is 613. The Morgan fingerprint density at radius 1 is 1.00 bits per heavy atom. The molecule has 0 bridgehead atoms. The molecule has 0 heterocycles. The van der Waals surface area contributed by atoms with Gasteiger partial charge in [-0.1, -0.05) is 28.1 Å². The van der Waals surface area contributed by atoms with E-state index in [-0.39, 0.29) is 18.2 Å². The lowest BCUT2D eigenvalue weighted by molar-refractivity contribution is -0.274. The highest BCUT2D eigenvalue weighted by molar-refractivity contribution is 9.10. The molecule has 0 spiro atoms. The van der Waals surface area contributed by atoms with E-state index >= 15 is 0 Å². The van der Waals surface area contributed by atoms with Crippen molar-refractivity contribution in [1.29, 1.82) is 0 Å². The summed E-state index contributed by atoms with van der Waals surface area (Å²) in [7, 11) is 0. The van der Waals surface area contributed by atoms with E-state index in [2.05, 4.69) is 20.7 Å². The van der Waals surface area contributed by atoms with Crippen molar-refractivity contribution in [2.24, 2.45) is 5.73 Å². The third kappa shape index (κ3) is 5.15. The molecule has 8 heteroatoms. The van der Waals surface area contributed by atoms with Crippen molar-refractivity contribution in [3.8, 4) is 5.75 Å². The van der Waals surface area contributed by atoms with Crippen molar-refractivity contribution in [3.05, 3.63) is 63.9 Å². The number of hydrogen-bond acceptors (Lipinski definition) is 2. The van der Waals surface area contributed by atoms with Gasteiger partial charge in [0, 0.05) is 4.47 Å². The van der Waals surface area contributed by atoms with Gasteiger partial charge in [-0.3, -0.25) is 0 Å². The van der Waals surface area contributed by atoms with Crippen LogP contribution in [0.2, 0.25) is 0 Å². The third-order valence-electron chi connectivity index (χ3n) is 2.72. The van der Waals surface area contributed by atoms with Gasteiger partial charge in [0.1, 0.15) is 11.6 Å². The molecule has 120 valence electrons. The van der Waals surface area contributed by atoms with E-state index in [9.17, 15) is 17.6 Å². The number of rotatable bonds is 3. The summed E-state index contributed by atoms with van der Waals surface area (Å²) in [5, 5.41) is 0. The van der Waals surface area contributed by atoms with Gasteiger partial charge < -0.3 is 10.5 Å². The Kier molecular flexibility index (Phi) is 6.22. The minimum atomic E-state index is -4.74. The number of alkyl halides is 3. The van der Waals surface area contributed by atoms with Gasteiger partial charge in [0.15, 0.2) is 0 Å². The molecule has 0 saturated heterocycles. The van der Waals surface area contributed by atoms with Crippen LogP contribution < -0.4 is 10.5 Å². The topological polar surface area (TPSA) is 35.2 Å². The van der Waals surface area contributed by atoms with Crippen LogP contribution in [-0.4, -0.2) is 6.36 Å². The smallest absolute Gasteiger partial charge is 0.406 e. The average Bonchev–Trinajstić information content (AvgIpc) is 2.35. The summed E-state index contributed by atoms with van der Waals surface area (Å²) >= 11 is 3.16. The maximum atomic E-state index is 13.3. The van der Waals surface area contributed by atoms with Gasteiger partial charge in [0.25, 0.3) is 0 Å². The summed E-state index contributed by atoms with van der Waals surface area (Å²) in [6.07, 6.45) is -4.74. The first kappa shape index (κ1) is 18.7. The van der Waals surface area contributed by atoms with Gasteiger partial charge in [-0.05, 0) is 41.5 Å². The molecule has 0 amide bonds. The summed E-state index contributed by atoms with van der Waals surface area (Å²) < 4.78 is 53.8. The summed E-state index contributed by atoms with van der Waals surface area (Å²) in [5.41, 5.74) is 7.03. The van der Waals surface area contributed by atoms with Crippen molar-refractivity contribution < 1.29 is 22.3 Å². The van der Waals surface area contributed by atoms with Crippen LogP contribution in [0.25, 0.3) is 0 Å². The number of hydrogen-bond donors (Lipinski definition) is 1. The predicted octanol–water partition coefficient (Wildman–Crippen LogP) is 4.96. The molecule has 2 nitrogen and oxygen atoms in total. The second kappa shape index (κ2) is 7.30. The predicted molar refractivity (Wildman–Crippen MR) is 80.5 cm³/mol. The molecular weight excluding hydrogens is 390 g/mol. The molecule has 0 radical (unpaired) electrons. The maximum absolute atomic E-state index is 13.3. The van der Waals surface area contributed by atoms with Crippen LogP contribution in [0.15, 0.2) is 46.9 Å². The Hall–Kier alpha value is -1.31. The number of halogens is 6. The second-order valence-corrected chi connectivity index (χ2v) is 5.21. The van der Waals surface area contributed by atoms with E-state index < -0.39 is 18.2 Å². The van der Waals surface area contributed by atoms with Crippen molar-refractivity contribution in [2.45, 2.75) is 12.4 Å². The number of benzene rings is 2. The maximum Gasteiger partial charge on any atom is 0.573 e. The summed E-state index contributed by atoms with van der Waals surface area (Å²) in [6, 6.07) is 8.69. The van der Waals surface area contributed by atoms with Crippen LogP contribution in [0.5, 0.6) is 5.75 Å². The van der Waals surface area contributed by atoms with Gasteiger partial charge in [-0.2, -0.15) is 0 Å². The number of ether oxygens (including phenoxy) is 1. The molecule has 1 atom stereocenters. The van der Waals surface area contributed by atoms with Crippen molar-refractivity contribution >= 4 is 28.3 Å². The summed E-state index contributed by atoms with van der Waals surface area (Å²) in [5.74, 6) is -0.786. The Morgan fingerprint density at radius 3 is 2.09 bits per heavy atom. The summed E-state index contributed by atoms with van der Waals surface area (Å²) in [4.78, 5) is 0. The molecule has 2 N–H and O–H groups in total. The second-order valence-electron chi connectivity index (χ2n) is 4.30. The highest BCUT2D eigenvalue weighted by atomic mass is 79.9. The standard InChI is InChI=1S/C14H10BrF4NO.ClH/c15-10-5-9(6-11(16)7-10)13(20)8-1-3-12(4-2-8)21-14(17,18)19;/h1-7,13H,20H2;1H/t13-;/m0./s1. The first-order chi connectivity index (χ1) is 9.74. The van der Waals surface area contributed by atoms with E-state index in [1.165, 1.54) is 24.3 Å². The molecule has 2 aromatic carbocycles. The molecule has 2 aromatic rings. The average molecular weight is 401 g/mol.